The van der Waals surface area contributed by atoms with Crippen molar-refractivity contribution in [1.82, 2.24) is 15.5 Å². The van der Waals surface area contributed by atoms with Crippen molar-refractivity contribution in [1.29, 1.82) is 0 Å². The Hall–Kier alpha value is -2.44. The number of nitrogens with one attached hydrogen (secondary N) is 2. The molecule has 0 spiro atoms. The van der Waals surface area contributed by atoms with Crippen LogP contribution in [0.3, 0.4) is 0 Å². The molecule has 1 aliphatic heterocycles. The lowest BCUT2D eigenvalue weighted by molar-refractivity contribution is -0.131. The SMILES string of the molecule is CCCNC(=O)C(NC(=O)CC(C)C)C1CCN(C(=O)c2ccccc2F)CC1. The van der Waals surface area contributed by atoms with E-state index in [0.29, 0.717) is 38.9 Å². The third kappa shape index (κ3) is 6.54. The molecule has 160 valence electrons. The number of rotatable bonds is 8. The average molecular weight is 406 g/mol. The van der Waals surface area contributed by atoms with Crippen LogP contribution in [0.5, 0.6) is 0 Å². The van der Waals surface area contributed by atoms with Gasteiger partial charge >= 0.3 is 0 Å². The van der Waals surface area contributed by atoms with Gasteiger partial charge in [-0.1, -0.05) is 32.9 Å². The van der Waals surface area contributed by atoms with Crippen LogP contribution in [0.1, 0.15) is 56.8 Å². The van der Waals surface area contributed by atoms with E-state index in [4.69, 9.17) is 0 Å². The first-order valence-electron chi connectivity index (χ1n) is 10.4. The van der Waals surface area contributed by atoms with E-state index in [9.17, 15) is 18.8 Å². The lowest BCUT2D eigenvalue weighted by Gasteiger charge is -2.36. The van der Waals surface area contributed by atoms with Crippen molar-refractivity contribution in [2.45, 2.75) is 52.5 Å². The average Bonchev–Trinajstić information content (AvgIpc) is 2.69. The van der Waals surface area contributed by atoms with Crippen LogP contribution in [0.25, 0.3) is 0 Å². The zero-order valence-corrected chi connectivity index (χ0v) is 17.5. The molecular formula is C22H32FN3O3. The zero-order valence-electron chi connectivity index (χ0n) is 17.5. The van der Waals surface area contributed by atoms with Crippen LogP contribution in [0.15, 0.2) is 24.3 Å². The first-order chi connectivity index (χ1) is 13.8. The fourth-order valence-electron chi connectivity index (χ4n) is 3.60. The highest BCUT2D eigenvalue weighted by Gasteiger charge is 2.34. The van der Waals surface area contributed by atoms with Gasteiger partial charge in [0.25, 0.3) is 5.91 Å². The molecule has 1 aliphatic rings. The van der Waals surface area contributed by atoms with Gasteiger partial charge in [0.2, 0.25) is 11.8 Å². The number of benzene rings is 1. The molecule has 1 saturated heterocycles. The molecule has 29 heavy (non-hydrogen) atoms. The minimum Gasteiger partial charge on any atom is -0.354 e. The minimum absolute atomic E-state index is 0.0624. The summed E-state index contributed by atoms with van der Waals surface area (Å²) in [6, 6.07) is 5.34. The number of hydrogen-bond acceptors (Lipinski definition) is 3. The highest BCUT2D eigenvalue weighted by Crippen LogP contribution is 2.23. The molecule has 0 saturated carbocycles. The molecule has 1 aromatic carbocycles. The van der Waals surface area contributed by atoms with Crippen LogP contribution in [0, 0.1) is 17.7 Å². The smallest absolute Gasteiger partial charge is 0.256 e. The van der Waals surface area contributed by atoms with E-state index in [1.807, 2.05) is 20.8 Å². The Balaban J connectivity index is 2.02. The van der Waals surface area contributed by atoms with Gasteiger partial charge in [0.15, 0.2) is 0 Å². The van der Waals surface area contributed by atoms with Gasteiger partial charge in [0.1, 0.15) is 11.9 Å². The summed E-state index contributed by atoms with van der Waals surface area (Å²) in [4.78, 5) is 39.2. The van der Waals surface area contributed by atoms with E-state index < -0.39 is 11.9 Å². The topological polar surface area (TPSA) is 78.5 Å². The maximum Gasteiger partial charge on any atom is 0.256 e. The fourth-order valence-corrected chi connectivity index (χ4v) is 3.60. The van der Waals surface area contributed by atoms with Gasteiger partial charge in [0.05, 0.1) is 5.56 Å². The summed E-state index contributed by atoms with van der Waals surface area (Å²) in [6.07, 6.45) is 2.33. The standard InChI is InChI=1S/C22H32FN3O3/c1-4-11-24-21(28)20(25-19(27)14-15(2)3)16-9-12-26(13-10-16)22(29)17-7-5-6-8-18(17)23/h5-8,15-16,20H,4,9-14H2,1-3H3,(H,24,28)(H,25,27). The predicted octanol–water partition coefficient (Wildman–Crippen LogP) is 2.74. The Labute approximate surface area is 172 Å². The Morgan fingerprint density at radius 1 is 1.17 bits per heavy atom. The highest BCUT2D eigenvalue weighted by molar-refractivity contribution is 5.94. The van der Waals surface area contributed by atoms with Crippen molar-refractivity contribution in [3.63, 3.8) is 0 Å². The summed E-state index contributed by atoms with van der Waals surface area (Å²) >= 11 is 0. The molecule has 1 unspecified atom stereocenters. The number of amides is 3. The van der Waals surface area contributed by atoms with Crippen molar-refractivity contribution < 1.29 is 18.8 Å². The lowest BCUT2D eigenvalue weighted by atomic mass is 9.88. The Kier molecular flexibility index (Phi) is 8.61. The van der Waals surface area contributed by atoms with Crippen LogP contribution < -0.4 is 10.6 Å². The van der Waals surface area contributed by atoms with Crippen molar-refractivity contribution in [3.8, 4) is 0 Å². The summed E-state index contributed by atoms with van der Waals surface area (Å²) in [6.45, 7) is 7.29. The molecular weight excluding hydrogens is 373 g/mol. The third-order valence-electron chi connectivity index (χ3n) is 5.14. The number of likely N-dealkylation sites (tertiary alicyclic amines) is 1. The van der Waals surface area contributed by atoms with E-state index >= 15 is 0 Å². The minimum atomic E-state index is -0.612. The summed E-state index contributed by atoms with van der Waals surface area (Å²) in [5.74, 6) is -1.04. The molecule has 3 amide bonds. The van der Waals surface area contributed by atoms with E-state index in [2.05, 4.69) is 10.6 Å². The quantitative estimate of drug-likeness (QED) is 0.698. The van der Waals surface area contributed by atoms with Crippen molar-refractivity contribution in [3.05, 3.63) is 35.6 Å². The van der Waals surface area contributed by atoms with Crippen LogP contribution in [-0.2, 0) is 9.59 Å². The van der Waals surface area contributed by atoms with Crippen molar-refractivity contribution in [2.24, 2.45) is 11.8 Å². The lowest BCUT2D eigenvalue weighted by Crippen LogP contribution is -2.54. The van der Waals surface area contributed by atoms with Crippen molar-refractivity contribution in [2.75, 3.05) is 19.6 Å². The van der Waals surface area contributed by atoms with Crippen LogP contribution in [0.2, 0.25) is 0 Å². The zero-order chi connectivity index (χ0) is 21.4. The largest absolute Gasteiger partial charge is 0.354 e. The van der Waals surface area contributed by atoms with Crippen LogP contribution in [-0.4, -0.2) is 48.3 Å². The second-order valence-electron chi connectivity index (χ2n) is 8.04. The second-order valence-corrected chi connectivity index (χ2v) is 8.04. The van der Waals surface area contributed by atoms with Crippen LogP contribution >= 0.6 is 0 Å². The first-order valence-corrected chi connectivity index (χ1v) is 10.4. The van der Waals surface area contributed by atoms with Gasteiger partial charge < -0.3 is 15.5 Å². The molecule has 0 aliphatic carbocycles. The number of carbonyl (C=O) groups excluding carboxylic acids is 3. The van der Waals surface area contributed by atoms with Gasteiger partial charge in [-0.3, -0.25) is 14.4 Å². The number of halogens is 1. The Bertz CT molecular complexity index is 715. The fraction of sp³-hybridized carbons (Fsp3) is 0.591. The molecule has 1 atom stereocenters. The molecule has 1 fully saturated rings. The molecule has 0 bridgehead atoms. The van der Waals surface area contributed by atoms with E-state index in [1.54, 1.807) is 17.0 Å². The maximum atomic E-state index is 13.9. The van der Waals surface area contributed by atoms with Crippen molar-refractivity contribution >= 4 is 17.7 Å². The molecule has 2 N–H and O–H groups in total. The van der Waals surface area contributed by atoms with Gasteiger partial charge in [-0.05, 0) is 43.2 Å². The predicted molar refractivity (Wildman–Crippen MR) is 110 cm³/mol. The second kappa shape index (κ2) is 10.9. The number of carbonyl (C=O) groups is 3. The van der Waals surface area contributed by atoms with Gasteiger partial charge in [0, 0.05) is 26.1 Å². The molecule has 0 radical (unpaired) electrons. The summed E-state index contributed by atoms with van der Waals surface area (Å²) in [5.41, 5.74) is 0.0634. The molecule has 0 aromatic heterocycles. The normalized spacial score (nSPS) is 15.8. The number of piperidine rings is 1. The van der Waals surface area contributed by atoms with Crippen LogP contribution in [0.4, 0.5) is 4.39 Å². The molecule has 7 heteroatoms. The molecule has 1 heterocycles. The highest BCUT2D eigenvalue weighted by atomic mass is 19.1. The third-order valence-corrected chi connectivity index (χ3v) is 5.14. The Morgan fingerprint density at radius 2 is 1.83 bits per heavy atom. The maximum absolute atomic E-state index is 13.9. The van der Waals surface area contributed by atoms with Gasteiger partial charge in [-0.15, -0.1) is 0 Å². The van der Waals surface area contributed by atoms with E-state index in [0.717, 1.165) is 6.42 Å². The first kappa shape index (κ1) is 22.8. The monoisotopic (exact) mass is 405 g/mol. The summed E-state index contributed by atoms with van der Waals surface area (Å²) < 4.78 is 13.9. The van der Waals surface area contributed by atoms with E-state index in [1.165, 1.54) is 12.1 Å². The molecule has 6 nitrogen and oxygen atoms in total. The van der Waals surface area contributed by atoms with E-state index in [-0.39, 0.29) is 35.1 Å². The Morgan fingerprint density at radius 3 is 2.41 bits per heavy atom. The summed E-state index contributed by atoms with van der Waals surface area (Å²) in [5, 5.41) is 5.77. The summed E-state index contributed by atoms with van der Waals surface area (Å²) in [7, 11) is 0. The van der Waals surface area contributed by atoms with Gasteiger partial charge in [-0.2, -0.15) is 0 Å². The molecule has 2 rings (SSSR count). The number of nitrogens with zero attached hydrogens (tertiary/aromatic N) is 1. The molecule has 1 aromatic rings. The van der Waals surface area contributed by atoms with Gasteiger partial charge in [-0.25, -0.2) is 4.39 Å². The number of hydrogen-bond donors (Lipinski definition) is 2.